The first-order valence-electron chi connectivity index (χ1n) is 11.0. The maximum Gasteiger partial charge on any atom is 0.243 e. The molecule has 1 N–H and O–H groups in total. The second-order valence-corrected chi connectivity index (χ2v) is 8.11. The Morgan fingerprint density at radius 3 is 2.66 bits per heavy atom. The maximum atomic E-state index is 12.2. The molecule has 1 saturated heterocycles. The van der Waals surface area contributed by atoms with Crippen molar-refractivity contribution in [2.75, 3.05) is 54.0 Å². The number of aryl methyl sites for hydroxylation is 1. The molecule has 0 aliphatic carbocycles. The molecule has 0 radical (unpaired) electrons. The van der Waals surface area contributed by atoms with Crippen molar-refractivity contribution in [3.05, 3.63) is 65.2 Å². The van der Waals surface area contributed by atoms with Crippen LogP contribution in [0.3, 0.4) is 0 Å². The summed E-state index contributed by atoms with van der Waals surface area (Å²) in [4.78, 5) is 20.6. The third kappa shape index (κ3) is 6.47. The van der Waals surface area contributed by atoms with Crippen molar-refractivity contribution in [1.29, 1.82) is 0 Å². The van der Waals surface area contributed by atoms with Crippen LogP contribution in [0.2, 0.25) is 0 Å². The molecule has 0 saturated carbocycles. The van der Waals surface area contributed by atoms with Gasteiger partial charge in [0.2, 0.25) is 5.91 Å². The number of nitrogens with one attached hydrogen (secondary N) is 1. The van der Waals surface area contributed by atoms with Crippen molar-refractivity contribution in [3.63, 3.8) is 0 Å². The van der Waals surface area contributed by atoms with Crippen LogP contribution in [0.4, 0.5) is 0 Å². The van der Waals surface area contributed by atoms with E-state index in [-0.39, 0.29) is 18.6 Å². The van der Waals surface area contributed by atoms with E-state index in [1.807, 2.05) is 24.3 Å². The minimum absolute atomic E-state index is 0.0248. The maximum absolute atomic E-state index is 12.2. The number of hydrogen-bond donors (Lipinski definition) is 1. The number of guanidine groups is 1. The van der Waals surface area contributed by atoms with E-state index in [0.29, 0.717) is 19.7 Å². The van der Waals surface area contributed by atoms with E-state index in [1.54, 1.807) is 26.1 Å². The van der Waals surface area contributed by atoms with Gasteiger partial charge in [-0.05, 0) is 42.2 Å². The van der Waals surface area contributed by atoms with Crippen LogP contribution in [0.25, 0.3) is 0 Å². The molecule has 1 fully saturated rings. The summed E-state index contributed by atoms with van der Waals surface area (Å²) in [6.45, 7) is 4.97. The van der Waals surface area contributed by atoms with E-state index >= 15 is 0 Å². The van der Waals surface area contributed by atoms with Gasteiger partial charge < -0.3 is 24.6 Å². The minimum Gasteiger partial charge on any atom is -0.497 e. The first-order valence-corrected chi connectivity index (χ1v) is 11.0. The summed E-state index contributed by atoms with van der Waals surface area (Å²) < 4.78 is 11.3. The smallest absolute Gasteiger partial charge is 0.243 e. The van der Waals surface area contributed by atoms with E-state index in [0.717, 1.165) is 24.7 Å². The summed E-state index contributed by atoms with van der Waals surface area (Å²) >= 11 is 0. The van der Waals surface area contributed by atoms with Gasteiger partial charge in [0.05, 0.1) is 20.3 Å². The summed E-state index contributed by atoms with van der Waals surface area (Å²) in [7, 11) is 5.16. The molecule has 1 heterocycles. The fraction of sp³-hybridized carbons (Fsp3) is 0.440. The summed E-state index contributed by atoms with van der Waals surface area (Å²) in [6.07, 6.45) is 0.819. The van der Waals surface area contributed by atoms with Crippen molar-refractivity contribution in [2.24, 2.45) is 4.99 Å². The zero-order valence-electron chi connectivity index (χ0n) is 19.5. The second kappa shape index (κ2) is 11.5. The van der Waals surface area contributed by atoms with Gasteiger partial charge in [-0.1, -0.05) is 36.4 Å². The SMILES string of the molecule is COc1ccc(CCNC(=NCC(=O)N(C)C)N2CCOC(c3ccccc3C)C2)cc1. The minimum atomic E-state index is -0.0249. The van der Waals surface area contributed by atoms with Gasteiger partial charge in [-0.15, -0.1) is 0 Å². The predicted octanol–water partition coefficient (Wildman–Crippen LogP) is 2.65. The Morgan fingerprint density at radius 2 is 1.97 bits per heavy atom. The van der Waals surface area contributed by atoms with Gasteiger partial charge >= 0.3 is 0 Å². The molecule has 1 aliphatic heterocycles. The molecular weight excluding hydrogens is 404 g/mol. The second-order valence-electron chi connectivity index (χ2n) is 8.11. The molecule has 0 spiro atoms. The Morgan fingerprint density at radius 1 is 1.22 bits per heavy atom. The van der Waals surface area contributed by atoms with E-state index in [9.17, 15) is 4.79 Å². The number of morpholine rings is 1. The van der Waals surface area contributed by atoms with Crippen LogP contribution in [-0.2, 0) is 16.0 Å². The third-order valence-electron chi connectivity index (χ3n) is 5.62. The summed E-state index contributed by atoms with van der Waals surface area (Å²) in [5, 5.41) is 3.47. The number of carbonyl (C=O) groups excluding carboxylic acids is 1. The standard InChI is InChI=1S/C25H34N4O3/c1-19-7-5-6-8-22(19)23-18-29(15-16-32-23)25(27-17-24(30)28(2)3)26-14-13-20-9-11-21(31-4)12-10-20/h5-12,23H,13-18H2,1-4H3,(H,26,27). The lowest BCUT2D eigenvalue weighted by atomic mass is 10.0. The Bertz CT molecular complexity index is 912. The number of methoxy groups -OCH3 is 1. The van der Waals surface area contributed by atoms with Gasteiger partial charge in [-0.25, -0.2) is 4.99 Å². The van der Waals surface area contributed by atoms with Gasteiger partial charge in [0.1, 0.15) is 18.4 Å². The lowest BCUT2D eigenvalue weighted by molar-refractivity contribution is -0.127. The first-order chi connectivity index (χ1) is 15.5. The molecule has 0 aromatic heterocycles. The van der Waals surface area contributed by atoms with Crippen LogP contribution < -0.4 is 10.1 Å². The molecule has 7 nitrogen and oxygen atoms in total. The number of aliphatic imine (C=N–C) groups is 1. The Kier molecular flexibility index (Phi) is 8.50. The molecule has 3 rings (SSSR count). The fourth-order valence-electron chi connectivity index (χ4n) is 3.64. The van der Waals surface area contributed by atoms with E-state index in [1.165, 1.54) is 16.7 Å². The van der Waals surface area contributed by atoms with Gasteiger partial charge in [0.15, 0.2) is 5.96 Å². The number of rotatable bonds is 7. The Hall–Kier alpha value is -3.06. The molecule has 1 aliphatic rings. The summed E-state index contributed by atoms with van der Waals surface area (Å²) in [5.74, 6) is 1.57. The number of carbonyl (C=O) groups is 1. The highest BCUT2D eigenvalue weighted by molar-refractivity contribution is 5.85. The number of likely N-dealkylation sites (N-methyl/N-ethyl adjacent to an activating group) is 1. The molecule has 1 atom stereocenters. The highest BCUT2D eigenvalue weighted by Crippen LogP contribution is 2.25. The monoisotopic (exact) mass is 438 g/mol. The zero-order chi connectivity index (χ0) is 22.9. The van der Waals surface area contributed by atoms with Crippen molar-refractivity contribution in [1.82, 2.24) is 15.1 Å². The largest absolute Gasteiger partial charge is 0.497 e. The molecule has 0 bridgehead atoms. The van der Waals surface area contributed by atoms with Crippen LogP contribution in [0.15, 0.2) is 53.5 Å². The van der Waals surface area contributed by atoms with Gasteiger partial charge in [-0.2, -0.15) is 0 Å². The van der Waals surface area contributed by atoms with Crippen LogP contribution in [-0.4, -0.2) is 75.7 Å². The number of benzene rings is 2. The van der Waals surface area contributed by atoms with Crippen molar-refractivity contribution >= 4 is 11.9 Å². The molecule has 2 aromatic rings. The molecular formula is C25H34N4O3. The Labute approximate surface area is 191 Å². The average Bonchev–Trinajstić information content (AvgIpc) is 2.81. The highest BCUT2D eigenvalue weighted by atomic mass is 16.5. The van der Waals surface area contributed by atoms with Crippen molar-refractivity contribution in [3.8, 4) is 5.75 Å². The fourth-order valence-corrected chi connectivity index (χ4v) is 3.64. The molecule has 1 unspecified atom stereocenters. The summed E-state index contributed by atoms with van der Waals surface area (Å²) in [6, 6.07) is 16.4. The molecule has 2 aromatic carbocycles. The van der Waals surface area contributed by atoms with Crippen LogP contribution in [0, 0.1) is 6.92 Å². The highest BCUT2D eigenvalue weighted by Gasteiger charge is 2.25. The third-order valence-corrected chi connectivity index (χ3v) is 5.62. The predicted molar refractivity (Wildman–Crippen MR) is 127 cm³/mol. The normalized spacial score (nSPS) is 16.6. The zero-order valence-corrected chi connectivity index (χ0v) is 19.5. The van der Waals surface area contributed by atoms with Gasteiger partial charge in [0, 0.05) is 27.2 Å². The quantitative estimate of drug-likeness (QED) is 0.532. The van der Waals surface area contributed by atoms with Crippen molar-refractivity contribution < 1.29 is 14.3 Å². The molecule has 7 heteroatoms. The topological polar surface area (TPSA) is 66.4 Å². The number of nitrogens with zero attached hydrogens (tertiary/aromatic N) is 3. The van der Waals surface area contributed by atoms with E-state index in [2.05, 4.69) is 46.4 Å². The molecule has 32 heavy (non-hydrogen) atoms. The summed E-state index contributed by atoms with van der Waals surface area (Å²) in [5.41, 5.74) is 3.62. The number of ether oxygens (including phenoxy) is 2. The van der Waals surface area contributed by atoms with Gasteiger partial charge in [-0.3, -0.25) is 4.79 Å². The van der Waals surface area contributed by atoms with E-state index < -0.39 is 0 Å². The first kappa shape index (κ1) is 23.6. The Balaban J connectivity index is 1.69. The lowest BCUT2D eigenvalue weighted by Crippen LogP contribution is -2.49. The van der Waals surface area contributed by atoms with Crippen LogP contribution in [0.5, 0.6) is 5.75 Å². The number of hydrogen-bond acceptors (Lipinski definition) is 4. The average molecular weight is 439 g/mol. The number of amides is 1. The van der Waals surface area contributed by atoms with Gasteiger partial charge in [0.25, 0.3) is 0 Å². The van der Waals surface area contributed by atoms with Crippen molar-refractivity contribution in [2.45, 2.75) is 19.4 Å². The molecule has 1 amide bonds. The van der Waals surface area contributed by atoms with Crippen LogP contribution in [0.1, 0.15) is 22.8 Å². The lowest BCUT2D eigenvalue weighted by Gasteiger charge is -2.36. The molecule has 172 valence electrons. The van der Waals surface area contributed by atoms with E-state index in [4.69, 9.17) is 9.47 Å². The van der Waals surface area contributed by atoms with Crippen LogP contribution >= 0.6 is 0 Å².